The van der Waals surface area contributed by atoms with Gasteiger partial charge in [0.2, 0.25) is 0 Å². The van der Waals surface area contributed by atoms with Gasteiger partial charge in [0.1, 0.15) is 5.75 Å². The first-order valence-electron chi connectivity index (χ1n) is 3.81. The molecule has 0 amide bonds. The number of ether oxygens (including phenoxy) is 1. The van der Waals surface area contributed by atoms with Crippen LogP contribution in [0.25, 0.3) is 0 Å². The molecule has 0 aromatic heterocycles. The zero-order valence-corrected chi connectivity index (χ0v) is 7.27. The van der Waals surface area contributed by atoms with Crippen molar-refractivity contribution in [2.24, 2.45) is 0 Å². The summed E-state index contributed by atoms with van der Waals surface area (Å²) >= 11 is 0. The average Bonchev–Trinajstić information content (AvgIpc) is 2.16. The van der Waals surface area contributed by atoms with E-state index in [2.05, 4.69) is 11.3 Å². The first-order valence-corrected chi connectivity index (χ1v) is 3.81. The van der Waals surface area contributed by atoms with E-state index in [1.807, 2.05) is 0 Å². The zero-order chi connectivity index (χ0) is 10.6. The maximum atomic E-state index is 11.2. The summed E-state index contributed by atoms with van der Waals surface area (Å²) in [5, 5.41) is 8.39. The molecular weight excluding hydrogens is 184 g/mol. The minimum absolute atomic E-state index is 0.0184. The molecule has 0 unspecified atom stereocenters. The number of carboxylic acid groups (broad SMARTS) is 1. The summed E-state index contributed by atoms with van der Waals surface area (Å²) < 4.78 is 4.42. The number of ketones is 1. The number of carbonyl (C=O) groups is 2. The summed E-state index contributed by atoms with van der Waals surface area (Å²) in [5.74, 6) is -0.355. The Labute approximate surface area is 80.4 Å². The highest BCUT2D eigenvalue weighted by Gasteiger charge is 2.11. The third-order valence-electron chi connectivity index (χ3n) is 1.54. The van der Waals surface area contributed by atoms with Gasteiger partial charge in [-0.2, -0.15) is 0 Å². The van der Waals surface area contributed by atoms with E-state index in [1.165, 1.54) is 12.1 Å². The van der Waals surface area contributed by atoms with Crippen LogP contribution in [-0.2, 0) is 0 Å². The summed E-state index contributed by atoms with van der Waals surface area (Å²) in [6.07, 6.45) is -0.348. The molecular formula is C10H8O4. The van der Waals surface area contributed by atoms with Crippen LogP contribution in [-0.4, -0.2) is 17.0 Å². The Balaban J connectivity index is 3.08. The van der Waals surface area contributed by atoms with Gasteiger partial charge >= 0.3 is 6.16 Å². The number of para-hydroxylation sites is 1. The Morgan fingerprint density at radius 3 is 2.57 bits per heavy atom. The molecule has 72 valence electrons. The van der Waals surface area contributed by atoms with Gasteiger partial charge in [-0.1, -0.05) is 18.7 Å². The number of carbonyl (C=O) groups excluding carboxylic acids is 1. The monoisotopic (exact) mass is 192 g/mol. The molecule has 0 aliphatic heterocycles. The van der Waals surface area contributed by atoms with E-state index in [-0.39, 0.29) is 17.1 Å². The molecule has 0 fully saturated rings. The van der Waals surface area contributed by atoms with Crippen LogP contribution in [0.4, 0.5) is 4.79 Å². The van der Waals surface area contributed by atoms with Gasteiger partial charge in [0, 0.05) is 0 Å². The van der Waals surface area contributed by atoms with E-state index in [4.69, 9.17) is 5.11 Å². The van der Waals surface area contributed by atoms with Crippen molar-refractivity contribution in [3.63, 3.8) is 0 Å². The molecule has 0 spiro atoms. The van der Waals surface area contributed by atoms with Gasteiger partial charge in [0.05, 0.1) is 5.56 Å². The van der Waals surface area contributed by atoms with E-state index in [1.54, 1.807) is 12.1 Å². The molecule has 0 bridgehead atoms. The fraction of sp³-hybridized carbons (Fsp3) is 0. The van der Waals surface area contributed by atoms with E-state index in [0.717, 1.165) is 6.08 Å². The van der Waals surface area contributed by atoms with Crippen LogP contribution in [0.5, 0.6) is 5.75 Å². The van der Waals surface area contributed by atoms with Crippen molar-refractivity contribution in [2.45, 2.75) is 0 Å². The number of hydrogen-bond acceptors (Lipinski definition) is 3. The highest BCUT2D eigenvalue weighted by atomic mass is 16.7. The second kappa shape index (κ2) is 4.23. The smallest absolute Gasteiger partial charge is 0.449 e. The van der Waals surface area contributed by atoms with E-state index in [0.29, 0.717) is 0 Å². The highest BCUT2D eigenvalue weighted by molar-refractivity contribution is 6.06. The molecule has 1 N–H and O–H groups in total. The number of hydrogen-bond donors (Lipinski definition) is 1. The van der Waals surface area contributed by atoms with Crippen LogP contribution >= 0.6 is 0 Å². The zero-order valence-electron chi connectivity index (χ0n) is 7.27. The molecule has 1 aromatic carbocycles. The molecule has 1 rings (SSSR count). The maximum absolute atomic E-state index is 11.2. The minimum atomic E-state index is -1.45. The Morgan fingerprint density at radius 2 is 2.00 bits per heavy atom. The largest absolute Gasteiger partial charge is 0.511 e. The first-order chi connectivity index (χ1) is 6.65. The van der Waals surface area contributed by atoms with Crippen LogP contribution in [0, 0.1) is 0 Å². The van der Waals surface area contributed by atoms with Crippen molar-refractivity contribution in [3.8, 4) is 5.75 Å². The van der Waals surface area contributed by atoms with Crippen molar-refractivity contribution in [1.29, 1.82) is 0 Å². The van der Waals surface area contributed by atoms with E-state index in [9.17, 15) is 9.59 Å². The van der Waals surface area contributed by atoms with Crippen molar-refractivity contribution in [2.75, 3.05) is 0 Å². The van der Waals surface area contributed by atoms with Gasteiger partial charge in [0.25, 0.3) is 0 Å². The standard InChI is InChI=1S/C10H8O4/c1-2-8(11)7-5-3-4-6-9(7)14-10(12)13/h2-6H,1H2,(H,12,13). The summed E-state index contributed by atoms with van der Waals surface area (Å²) in [6, 6.07) is 6.08. The van der Waals surface area contributed by atoms with Crippen molar-refractivity contribution >= 4 is 11.9 Å². The van der Waals surface area contributed by atoms with Gasteiger partial charge in [-0.15, -0.1) is 0 Å². The fourth-order valence-corrected chi connectivity index (χ4v) is 0.963. The number of allylic oxidation sites excluding steroid dienone is 1. The van der Waals surface area contributed by atoms with Crippen molar-refractivity contribution in [1.82, 2.24) is 0 Å². The molecule has 4 heteroatoms. The quantitative estimate of drug-likeness (QED) is 0.345. The molecule has 14 heavy (non-hydrogen) atoms. The van der Waals surface area contributed by atoms with Crippen LogP contribution in [0.15, 0.2) is 36.9 Å². The van der Waals surface area contributed by atoms with Crippen LogP contribution in [0.1, 0.15) is 10.4 Å². The van der Waals surface area contributed by atoms with Gasteiger partial charge in [-0.05, 0) is 18.2 Å². The Bertz CT molecular complexity index is 381. The fourth-order valence-electron chi connectivity index (χ4n) is 0.963. The molecule has 0 atom stereocenters. The predicted molar refractivity (Wildman–Crippen MR) is 49.6 cm³/mol. The number of rotatable bonds is 3. The Hall–Kier alpha value is -2.10. The summed E-state index contributed by atoms with van der Waals surface area (Å²) in [4.78, 5) is 21.5. The Kier molecular flexibility index (Phi) is 3.01. The Morgan fingerprint density at radius 1 is 1.36 bits per heavy atom. The molecule has 4 nitrogen and oxygen atoms in total. The molecule has 0 saturated heterocycles. The summed E-state index contributed by atoms with van der Waals surface area (Å²) in [6.45, 7) is 3.30. The lowest BCUT2D eigenvalue weighted by Crippen LogP contribution is -2.07. The normalized spacial score (nSPS) is 9.14. The maximum Gasteiger partial charge on any atom is 0.511 e. The lowest BCUT2D eigenvalue weighted by molar-refractivity contribution is 0.104. The molecule has 0 aliphatic rings. The van der Waals surface area contributed by atoms with E-state index < -0.39 is 6.16 Å². The minimum Gasteiger partial charge on any atom is -0.449 e. The lowest BCUT2D eigenvalue weighted by Gasteiger charge is -2.03. The predicted octanol–water partition coefficient (Wildman–Crippen LogP) is 2.11. The van der Waals surface area contributed by atoms with Crippen LogP contribution in [0.2, 0.25) is 0 Å². The molecule has 0 heterocycles. The first kappa shape index (κ1) is 9.98. The van der Waals surface area contributed by atoms with E-state index >= 15 is 0 Å². The highest BCUT2D eigenvalue weighted by Crippen LogP contribution is 2.18. The molecule has 0 saturated carbocycles. The van der Waals surface area contributed by atoms with Gasteiger partial charge in [-0.3, -0.25) is 4.79 Å². The second-order valence-electron chi connectivity index (χ2n) is 2.43. The van der Waals surface area contributed by atoms with Gasteiger partial charge in [-0.25, -0.2) is 4.79 Å². The van der Waals surface area contributed by atoms with Gasteiger partial charge in [0.15, 0.2) is 5.78 Å². The second-order valence-corrected chi connectivity index (χ2v) is 2.43. The van der Waals surface area contributed by atoms with Crippen LogP contribution < -0.4 is 4.74 Å². The SMILES string of the molecule is C=CC(=O)c1ccccc1OC(=O)O. The lowest BCUT2D eigenvalue weighted by atomic mass is 10.1. The third-order valence-corrected chi connectivity index (χ3v) is 1.54. The average molecular weight is 192 g/mol. The van der Waals surface area contributed by atoms with Crippen molar-refractivity contribution in [3.05, 3.63) is 42.5 Å². The molecule has 0 radical (unpaired) electrons. The third kappa shape index (κ3) is 2.20. The topological polar surface area (TPSA) is 63.6 Å². The van der Waals surface area contributed by atoms with Crippen molar-refractivity contribution < 1.29 is 19.4 Å². The number of benzene rings is 1. The summed E-state index contributed by atoms with van der Waals surface area (Å²) in [7, 11) is 0. The van der Waals surface area contributed by atoms with Crippen LogP contribution in [0.3, 0.4) is 0 Å². The molecule has 0 aliphatic carbocycles. The molecule has 1 aromatic rings. The van der Waals surface area contributed by atoms with Gasteiger partial charge < -0.3 is 9.84 Å². The summed E-state index contributed by atoms with van der Waals surface area (Å²) in [5.41, 5.74) is 0.185.